The molecule has 0 aliphatic carbocycles. The van der Waals surface area contributed by atoms with E-state index in [0.29, 0.717) is 0 Å². The molecule has 0 heterocycles. The van der Waals surface area contributed by atoms with E-state index in [1.54, 1.807) is 11.8 Å². The molecule has 0 saturated carbocycles. The SMILES string of the molecule is C[C-](C)C.[CH2-]CSC[CH2-].[Y+3]. The number of thioether (sulfide) groups is 1. The fraction of sp³-hybridized carbons (Fsp3) is 0.625. The molecule has 0 amide bonds. The summed E-state index contributed by atoms with van der Waals surface area (Å²) in [5.74, 6) is 3.31. The van der Waals surface area contributed by atoms with Crippen molar-refractivity contribution in [2.24, 2.45) is 0 Å². The van der Waals surface area contributed by atoms with E-state index in [1.165, 1.54) is 5.92 Å². The van der Waals surface area contributed by atoms with E-state index in [0.717, 1.165) is 11.5 Å². The van der Waals surface area contributed by atoms with Gasteiger partial charge >= 0.3 is 32.7 Å². The van der Waals surface area contributed by atoms with Crippen molar-refractivity contribution in [3.05, 3.63) is 19.8 Å². The van der Waals surface area contributed by atoms with E-state index in [2.05, 4.69) is 34.6 Å². The molecule has 58 valence electrons. The average molecular weight is 234 g/mol. The van der Waals surface area contributed by atoms with E-state index < -0.39 is 0 Å². The summed E-state index contributed by atoms with van der Waals surface area (Å²) in [7, 11) is 0. The Hall–Kier alpha value is 1.45. The zero-order valence-corrected chi connectivity index (χ0v) is 11.0. The smallest absolute Gasteiger partial charge is 0.334 e. The fourth-order valence-corrected chi connectivity index (χ4v) is 0.306. The maximum atomic E-state index is 3.60. The first-order valence-electron chi connectivity index (χ1n) is 3.08. The monoisotopic (exact) mass is 234 g/mol. The standard InChI is InChI=1S/C4H8S.C4H9.Y/c1-3-5-4-2;1-4(2)3;/h1-4H2;1-3H3;/q-2;-1;+3. The van der Waals surface area contributed by atoms with E-state index >= 15 is 0 Å². The molecule has 0 aromatic rings. The normalized spacial score (nSPS) is 7.80. The summed E-state index contributed by atoms with van der Waals surface area (Å²) in [6.45, 7) is 13.4. The van der Waals surface area contributed by atoms with Gasteiger partial charge in [0.05, 0.1) is 0 Å². The predicted molar refractivity (Wildman–Crippen MR) is 48.3 cm³/mol. The summed E-state index contributed by atoms with van der Waals surface area (Å²) in [4.78, 5) is 0. The molecule has 0 rings (SSSR count). The summed E-state index contributed by atoms with van der Waals surface area (Å²) < 4.78 is 0. The molecule has 0 aromatic heterocycles. The Labute approximate surface area is 95.8 Å². The van der Waals surface area contributed by atoms with E-state index in [-0.39, 0.29) is 32.7 Å². The molecule has 0 unspecified atom stereocenters. The van der Waals surface area contributed by atoms with Crippen LogP contribution in [0.2, 0.25) is 0 Å². The van der Waals surface area contributed by atoms with Crippen molar-refractivity contribution in [1.29, 1.82) is 0 Å². The van der Waals surface area contributed by atoms with Crippen molar-refractivity contribution in [3.8, 4) is 0 Å². The van der Waals surface area contributed by atoms with Gasteiger partial charge in [0.2, 0.25) is 0 Å². The van der Waals surface area contributed by atoms with E-state index in [1.807, 2.05) is 0 Å². The number of rotatable bonds is 2. The molecule has 0 atom stereocenters. The molecule has 0 radical (unpaired) electrons. The first kappa shape index (κ1) is 17.5. The van der Waals surface area contributed by atoms with Gasteiger partial charge < -0.3 is 19.8 Å². The van der Waals surface area contributed by atoms with Crippen molar-refractivity contribution in [2.45, 2.75) is 20.8 Å². The maximum absolute atomic E-state index is 3.60. The van der Waals surface area contributed by atoms with Gasteiger partial charge in [-0.3, -0.25) is 0 Å². The molecular weight excluding hydrogens is 217 g/mol. The minimum Gasteiger partial charge on any atom is -0.334 e. The van der Waals surface area contributed by atoms with Crippen molar-refractivity contribution in [2.75, 3.05) is 11.5 Å². The van der Waals surface area contributed by atoms with Gasteiger partial charge in [0.15, 0.2) is 0 Å². The third kappa shape index (κ3) is 56.6. The van der Waals surface area contributed by atoms with Gasteiger partial charge in [-0.2, -0.15) is 20.8 Å². The molecule has 0 fully saturated rings. The summed E-state index contributed by atoms with van der Waals surface area (Å²) in [5, 5.41) is 0. The quantitative estimate of drug-likeness (QED) is 0.662. The third-order valence-corrected chi connectivity index (χ3v) is 0.866. The van der Waals surface area contributed by atoms with Crippen molar-refractivity contribution in [3.63, 3.8) is 0 Å². The summed E-state index contributed by atoms with van der Waals surface area (Å²) in [6.07, 6.45) is 0. The van der Waals surface area contributed by atoms with Crippen LogP contribution in [0.15, 0.2) is 0 Å². The van der Waals surface area contributed by atoms with Crippen LogP contribution in [0.1, 0.15) is 20.8 Å². The van der Waals surface area contributed by atoms with Gasteiger partial charge in [-0.25, -0.2) is 11.8 Å². The molecular formula is C8H17SY. The molecule has 10 heavy (non-hydrogen) atoms. The molecule has 0 spiro atoms. The number of hydrogen-bond acceptors (Lipinski definition) is 1. The van der Waals surface area contributed by atoms with Crippen LogP contribution in [-0.2, 0) is 32.7 Å². The Balaban J connectivity index is -0.0000000910. The Bertz CT molecular complexity index is 33.5. The van der Waals surface area contributed by atoms with Crippen LogP contribution in [-0.4, -0.2) is 11.5 Å². The zero-order valence-electron chi connectivity index (χ0n) is 7.31. The zero-order chi connectivity index (χ0) is 7.70. The second kappa shape index (κ2) is 16.8. The van der Waals surface area contributed by atoms with Gasteiger partial charge in [-0.05, 0) is 0 Å². The minimum absolute atomic E-state index is 0. The average Bonchev–Trinajstić information content (AvgIpc) is 1.66. The third-order valence-electron chi connectivity index (χ3n) is 0.289. The van der Waals surface area contributed by atoms with E-state index in [4.69, 9.17) is 0 Å². The molecule has 0 saturated heterocycles. The largest absolute Gasteiger partial charge is 3.00 e. The van der Waals surface area contributed by atoms with Crippen LogP contribution in [0.25, 0.3) is 0 Å². The van der Waals surface area contributed by atoms with Crippen LogP contribution in [0.5, 0.6) is 0 Å². The maximum Gasteiger partial charge on any atom is 3.00 e. The molecule has 0 aliphatic heterocycles. The first-order valence-corrected chi connectivity index (χ1v) is 4.23. The molecule has 0 N–H and O–H groups in total. The van der Waals surface area contributed by atoms with Gasteiger partial charge in [0.25, 0.3) is 0 Å². The van der Waals surface area contributed by atoms with Crippen LogP contribution in [0.3, 0.4) is 0 Å². The summed E-state index contributed by atoms with van der Waals surface area (Å²) >= 11 is 1.74. The molecule has 0 nitrogen and oxygen atoms in total. The van der Waals surface area contributed by atoms with Crippen molar-refractivity contribution >= 4 is 11.8 Å². The second-order valence-electron chi connectivity index (χ2n) is 2.11. The predicted octanol–water partition coefficient (Wildman–Crippen LogP) is 3.01. The minimum atomic E-state index is 0. The fourth-order valence-electron chi connectivity index (χ4n) is 0.102. The van der Waals surface area contributed by atoms with Crippen LogP contribution >= 0.6 is 11.8 Å². The number of hydrogen-bond donors (Lipinski definition) is 0. The first-order chi connectivity index (χ1) is 4.15. The van der Waals surface area contributed by atoms with Crippen LogP contribution in [0.4, 0.5) is 0 Å². The molecule has 0 aliphatic rings. The Morgan fingerprint density at radius 1 is 1.10 bits per heavy atom. The molecule has 0 bridgehead atoms. The van der Waals surface area contributed by atoms with Gasteiger partial charge in [0.1, 0.15) is 0 Å². The van der Waals surface area contributed by atoms with Crippen LogP contribution in [0, 0.1) is 19.8 Å². The van der Waals surface area contributed by atoms with Crippen molar-refractivity contribution < 1.29 is 32.7 Å². The summed E-state index contributed by atoms with van der Waals surface area (Å²) in [5.41, 5.74) is 0. The van der Waals surface area contributed by atoms with Gasteiger partial charge in [-0.15, -0.1) is 11.5 Å². The Morgan fingerprint density at radius 2 is 1.30 bits per heavy atom. The molecule has 0 aromatic carbocycles. The second-order valence-corrected chi connectivity index (χ2v) is 3.34. The summed E-state index contributed by atoms with van der Waals surface area (Å²) in [6, 6.07) is 0. The van der Waals surface area contributed by atoms with Gasteiger partial charge in [-0.1, -0.05) is 0 Å². The topological polar surface area (TPSA) is 0 Å². The van der Waals surface area contributed by atoms with E-state index in [9.17, 15) is 0 Å². The Morgan fingerprint density at radius 3 is 1.30 bits per heavy atom. The van der Waals surface area contributed by atoms with Crippen molar-refractivity contribution in [1.82, 2.24) is 0 Å². The van der Waals surface area contributed by atoms with Gasteiger partial charge in [0, 0.05) is 0 Å². The molecule has 2 heteroatoms. The Kier molecular flexibility index (Phi) is 29.5. The van der Waals surface area contributed by atoms with Crippen LogP contribution < -0.4 is 0 Å².